The van der Waals surface area contributed by atoms with Crippen molar-refractivity contribution in [2.24, 2.45) is 5.92 Å². The second-order valence-corrected chi connectivity index (χ2v) is 12.5. The first kappa shape index (κ1) is 34.4. The predicted octanol–water partition coefficient (Wildman–Crippen LogP) is 7.15. The number of hydrogen-bond donors (Lipinski definition) is 3. The molecule has 0 bridgehead atoms. The van der Waals surface area contributed by atoms with Crippen LogP contribution in [-0.4, -0.2) is 54.2 Å². The molecule has 0 fully saturated rings. The number of aliphatic hydroxyl groups is 1. The van der Waals surface area contributed by atoms with Crippen LogP contribution >= 0.6 is 0 Å². The third-order valence-electron chi connectivity index (χ3n) is 7.48. The maximum Gasteiger partial charge on any atom is 0.335 e. The van der Waals surface area contributed by atoms with Gasteiger partial charge in [-0.15, -0.1) is 0 Å². The largest absolute Gasteiger partial charge is 0.478 e. The quantitative estimate of drug-likeness (QED) is 0.144. The first-order chi connectivity index (χ1) is 20.4. The number of carbonyl (C=O) groups is 1. The number of carboxylic acid groups (broad SMARTS) is 1. The summed E-state index contributed by atoms with van der Waals surface area (Å²) < 4.78 is 25.7. The first-order valence-corrected chi connectivity index (χ1v) is 15.2. The van der Waals surface area contributed by atoms with Gasteiger partial charge < -0.3 is 25.0 Å². The van der Waals surface area contributed by atoms with Crippen LogP contribution in [0.1, 0.15) is 79.8 Å². The fourth-order valence-electron chi connectivity index (χ4n) is 5.20. The van der Waals surface area contributed by atoms with E-state index in [9.17, 15) is 19.4 Å². The minimum Gasteiger partial charge on any atom is -0.478 e. The summed E-state index contributed by atoms with van der Waals surface area (Å²) in [5.41, 5.74) is 5.47. The van der Waals surface area contributed by atoms with Crippen molar-refractivity contribution < 1.29 is 28.9 Å². The highest BCUT2D eigenvalue weighted by atomic mass is 19.1. The van der Waals surface area contributed by atoms with Crippen molar-refractivity contribution in [3.05, 3.63) is 94.3 Å². The summed E-state index contributed by atoms with van der Waals surface area (Å²) in [5, 5.41) is 23.4. The second kappa shape index (κ2) is 16.1. The van der Waals surface area contributed by atoms with Crippen LogP contribution in [0.5, 0.6) is 0 Å². The van der Waals surface area contributed by atoms with Crippen LogP contribution in [0.4, 0.5) is 4.39 Å². The highest BCUT2D eigenvalue weighted by Crippen LogP contribution is 2.32. The average Bonchev–Trinajstić information content (AvgIpc) is 2.95. The van der Waals surface area contributed by atoms with Gasteiger partial charge in [-0.1, -0.05) is 62.4 Å². The van der Waals surface area contributed by atoms with Crippen molar-refractivity contribution in [3.63, 3.8) is 0 Å². The maximum absolute atomic E-state index is 13.9. The van der Waals surface area contributed by atoms with Gasteiger partial charge >= 0.3 is 5.97 Å². The molecule has 3 rings (SSSR count). The average molecular weight is 594 g/mol. The molecule has 3 aromatic rings. The van der Waals surface area contributed by atoms with E-state index >= 15 is 0 Å². The van der Waals surface area contributed by atoms with Gasteiger partial charge in [-0.2, -0.15) is 0 Å². The van der Waals surface area contributed by atoms with Gasteiger partial charge in [0.05, 0.1) is 24.4 Å². The number of ether oxygens (including phenoxy) is 2. The fraction of sp³-hybridized carbons (Fsp3) is 0.472. The maximum atomic E-state index is 13.9. The van der Waals surface area contributed by atoms with Crippen molar-refractivity contribution >= 4 is 5.97 Å². The van der Waals surface area contributed by atoms with Gasteiger partial charge in [0.2, 0.25) is 0 Å². The number of rotatable bonds is 17. The first-order valence-electron chi connectivity index (χ1n) is 15.2. The molecule has 6 nitrogen and oxygen atoms in total. The molecule has 0 aromatic heterocycles. The van der Waals surface area contributed by atoms with Crippen molar-refractivity contribution in [2.45, 2.75) is 78.6 Å². The monoisotopic (exact) mass is 593 g/mol. The van der Waals surface area contributed by atoms with Crippen molar-refractivity contribution in [1.29, 1.82) is 0 Å². The van der Waals surface area contributed by atoms with Crippen molar-refractivity contribution in [2.75, 3.05) is 26.4 Å². The number of carboxylic acids is 1. The standard InChI is InChI=1S/C36H48FNO5/c1-24(2)18-29-20-28(14-15-33(29)35(40)41)32-11-8-7-10-31(32)26(4)43-17-9-16-42-23-30(39)22-38-36(5,6)21-27-13-12-25(3)34(37)19-27/h7-8,10-15,19-20,24,26,30,38-39H,9,16-18,21-23H2,1-6H3,(H,40,41). The van der Waals surface area contributed by atoms with Gasteiger partial charge in [0.1, 0.15) is 5.82 Å². The third kappa shape index (κ3) is 10.8. The number of aryl methyl sites for hydroxylation is 1. The van der Waals surface area contributed by atoms with Crippen LogP contribution in [0.25, 0.3) is 11.1 Å². The summed E-state index contributed by atoms with van der Waals surface area (Å²) in [4.78, 5) is 11.8. The number of hydrogen-bond acceptors (Lipinski definition) is 5. The number of benzene rings is 3. The SMILES string of the molecule is Cc1ccc(CC(C)(C)NCC(O)COCCCOC(C)c2ccccc2-c2ccc(C(=O)O)c(CC(C)C)c2)cc1F. The highest BCUT2D eigenvalue weighted by molar-refractivity contribution is 5.90. The summed E-state index contributed by atoms with van der Waals surface area (Å²) in [6.07, 6.45) is 1.20. The van der Waals surface area contributed by atoms with Gasteiger partial charge in [0.25, 0.3) is 0 Å². The van der Waals surface area contributed by atoms with E-state index in [4.69, 9.17) is 9.47 Å². The smallest absolute Gasteiger partial charge is 0.335 e. The lowest BCUT2D eigenvalue weighted by Gasteiger charge is -2.28. The number of halogens is 1. The van der Waals surface area contributed by atoms with Crippen LogP contribution in [0.2, 0.25) is 0 Å². The Balaban J connectivity index is 1.44. The van der Waals surface area contributed by atoms with Crippen LogP contribution in [0, 0.1) is 18.7 Å². The minimum atomic E-state index is -0.905. The van der Waals surface area contributed by atoms with Crippen LogP contribution in [-0.2, 0) is 22.3 Å². The number of β-amino-alcohol motifs (C(OH)–C–C–N with tert-alkyl or cyclic N) is 1. The van der Waals surface area contributed by atoms with E-state index in [0.717, 1.165) is 27.8 Å². The van der Waals surface area contributed by atoms with E-state index in [1.54, 1.807) is 25.1 Å². The Kier molecular flexibility index (Phi) is 12.9. The van der Waals surface area contributed by atoms with Crippen LogP contribution in [0.3, 0.4) is 0 Å². The van der Waals surface area contributed by atoms with E-state index in [0.29, 0.717) is 56.1 Å². The molecular weight excluding hydrogens is 545 g/mol. The van der Waals surface area contributed by atoms with Gasteiger partial charge in [0.15, 0.2) is 0 Å². The Bertz CT molecular complexity index is 1340. The molecule has 0 spiro atoms. The molecular formula is C36H48FNO5. The summed E-state index contributed by atoms with van der Waals surface area (Å²) >= 11 is 0. The molecule has 43 heavy (non-hydrogen) atoms. The molecule has 0 amide bonds. The Hall–Kier alpha value is -3.10. The molecule has 0 aliphatic rings. The predicted molar refractivity (Wildman–Crippen MR) is 170 cm³/mol. The summed E-state index contributed by atoms with van der Waals surface area (Å²) in [7, 11) is 0. The van der Waals surface area contributed by atoms with Gasteiger partial charge in [-0.3, -0.25) is 0 Å². The molecule has 234 valence electrons. The van der Waals surface area contributed by atoms with E-state index in [-0.39, 0.29) is 24.1 Å². The summed E-state index contributed by atoms with van der Waals surface area (Å²) in [6, 6.07) is 18.9. The molecule has 0 heterocycles. The molecule has 0 saturated heterocycles. The van der Waals surface area contributed by atoms with Crippen molar-refractivity contribution in [3.8, 4) is 11.1 Å². The highest BCUT2D eigenvalue weighted by Gasteiger charge is 2.20. The minimum absolute atomic E-state index is 0.164. The number of aliphatic hydroxyl groups excluding tert-OH is 1. The zero-order valence-corrected chi connectivity index (χ0v) is 26.5. The second-order valence-electron chi connectivity index (χ2n) is 12.5. The molecule has 3 aromatic carbocycles. The molecule has 3 N–H and O–H groups in total. The lowest BCUT2D eigenvalue weighted by Crippen LogP contribution is -2.46. The molecule has 2 unspecified atom stereocenters. The van der Waals surface area contributed by atoms with E-state index in [2.05, 4.69) is 19.2 Å². The third-order valence-corrected chi connectivity index (χ3v) is 7.48. The van der Waals surface area contributed by atoms with E-state index < -0.39 is 12.1 Å². The summed E-state index contributed by atoms with van der Waals surface area (Å²) in [5.74, 6) is -0.765. The molecule has 2 atom stereocenters. The molecule has 0 radical (unpaired) electrons. The van der Waals surface area contributed by atoms with E-state index in [1.807, 2.05) is 63.2 Å². The van der Waals surface area contributed by atoms with Gasteiger partial charge in [-0.05, 0) is 98.4 Å². The van der Waals surface area contributed by atoms with Crippen LogP contribution < -0.4 is 5.32 Å². The van der Waals surface area contributed by atoms with Gasteiger partial charge in [0, 0.05) is 25.3 Å². The molecule has 7 heteroatoms. The molecule has 0 saturated carbocycles. The van der Waals surface area contributed by atoms with E-state index in [1.165, 1.54) is 0 Å². The lowest BCUT2D eigenvalue weighted by molar-refractivity contribution is 0.0116. The number of aromatic carboxylic acids is 1. The Morgan fingerprint density at radius 1 is 1.02 bits per heavy atom. The Labute approximate surface area is 256 Å². The molecule has 0 aliphatic carbocycles. The summed E-state index contributed by atoms with van der Waals surface area (Å²) in [6.45, 7) is 13.6. The van der Waals surface area contributed by atoms with Gasteiger partial charge in [-0.25, -0.2) is 9.18 Å². The number of nitrogens with one attached hydrogen (secondary N) is 1. The molecule has 0 aliphatic heterocycles. The topological polar surface area (TPSA) is 88.0 Å². The Morgan fingerprint density at radius 2 is 1.77 bits per heavy atom. The zero-order chi connectivity index (χ0) is 31.6. The lowest BCUT2D eigenvalue weighted by atomic mass is 9.91. The normalized spacial score (nSPS) is 13.3. The van der Waals surface area contributed by atoms with Crippen molar-refractivity contribution in [1.82, 2.24) is 5.32 Å². The Morgan fingerprint density at radius 3 is 2.47 bits per heavy atom. The van der Waals surface area contributed by atoms with Crippen LogP contribution in [0.15, 0.2) is 60.7 Å². The zero-order valence-electron chi connectivity index (χ0n) is 26.5. The fourth-order valence-corrected chi connectivity index (χ4v) is 5.20.